The average Bonchev–Trinajstić information content (AvgIpc) is 3.01. The number of piperazine rings is 1. The maximum Gasteiger partial charge on any atom is 0.234 e. The molecule has 6 heteroatoms. The van der Waals surface area contributed by atoms with Crippen molar-refractivity contribution in [2.75, 3.05) is 32.7 Å². The third-order valence-corrected chi connectivity index (χ3v) is 4.22. The monoisotopic (exact) mass is 328 g/mol. The highest BCUT2D eigenvalue weighted by atomic mass is 16.5. The number of carbonyl (C=O) groups excluding carboxylic acids is 1. The van der Waals surface area contributed by atoms with Gasteiger partial charge in [-0.25, -0.2) is 0 Å². The fourth-order valence-electron chi connectivity index (χ4n) is 2.87. The maximum absolute atomic E-state index is 12.1. The normalized spacial score (nSPS) is 16.2. The Morgan fingerprint density at radius 1 is 1.17 bits per heavy atom. The molecule has 0 bridgehead atoms. The Balaban J connectivity index is 1.36. The Bertz CT molecular complexity index is 648. The molecule has 0 unspecified atom stereocenters. The van der Waals surface area contributed by atoms with E-state index in [1.54, 1.807) is 0 Å². The zero-order chi connectivity index (χ0) is 16.8. The predicted molar refractivity (Wildman–Crippen MR) is 91.2 cm³/mol. The van der Waals surface area contributed by atoms with E-state index in [2.05, 4.69) is 20.3 Å². The molecule has 2 aromatic rings. The predicted octanol–water partition coefficient (Wildman–Crippen LogP) is 1.42. The second-order valence-corrected chi connectivity index (χ2v) is 6.25. The molecule has 1 aliphatic rings. The third kappa shape index (κ3) is 4.91. The van der Waals surface area contributed by atoms with Crippen molar-refractivity contribution in [1.82, 2.24) is 20.3 Å². The Morgan fingerprint density at radius 2 is 1.88 bits per heavy atom. The summed E-state index contributed by atoms with van der Waals surface area (Å²) in [4.78, 5) is 16.6. The van der Waals surface area contributed by atoms with Crippen LogP contribution in [-0.2, 0) is 17.9 Å². The largest absolute Gasteiger partial charge is 0.360 e. The van der Waals surface area contributed by atoms with E-state index in [0.717, 1.165) is 49.7 Å². The highest BCUT2D eigenvalue weighted by molar-refractivity contribution is 5.78. The van der Waals surface area contributed by atoms with Crippen LogP contribution in [-0.4, -0.2) is 53.6 Å². The van der Waals surface area contributed by atoms with E-state index >= 15 is 0 Å². The average molecular weight is 328 g/mol. The summed E-state index contributed by atoms with van der Waals surface area (Å²) in [7, 11) is 0. The first-order valence-corrected chi connectivity index (χ1v) is 8.36. The first-order valence-electron chi connectivity index (χ1n) is 8.36. The van der Waals surface area contributed by atoms with Crippen molar-refractivity contribution >= 4 is 5.91 Å². The van der Waals surface area contributed by atoms with E-state index in [1.165, 1.54) is 0 Å². The van der Waals surface area contributed by atoms with E-state index in [9.17, 15) is 4.79 Å². The number of nitrogens with zero attached hydrogens (tertiary/aromatic N) is 3. The lowest BCUT2D eigenvalue weighted by molar-refractivity contribution is -0.122. The van der Waals surface area contributed by atoms with Gasteiger partial charge in [0.1, 0.15) is 0 Å². The van der Waals surface area contributed by atoms with Gasteiger partial charge in [-0.05, 0) is 12.5 Å². The number of nitrogens with one attached hydrogen (secondary N) is 1. The molecular weight excluding hydrogens is 304 g/mol. The van der Waals surface area contributed by atoms with Gasteiger partial charge in [0.05, 0.1) is 18.8 Å². The van der Waals surface area contributed by atoms with Crippen molar-refractivity contribution in [1.29, 1.82) is 0 Å². The lowest BCUT2D eigenvalue weighted by Crippen LogP contribution is -2.49. The summed E-state index contributed by atoms with van der Waals surface area (Å²) in [6, 6.07) is 12.0. The van der Waals surface area contributed by atoms with Crippen LogP contribution in [0.5, 0.6) is 0 Å². The summed E-state index contributed by atoms with van der Waals surface area (Å²) in [6.07, 6.45) is 0. The number of benzene rings is 1. The van der Waals surface area contributed by atoms with Gasteiger partial charge < -0.3 is 9.84 Å². The van der Waals surface area contributed by atoms with Crippen LogP contribution in [0.15, 0.2) is 40.9 Å². The van der Waals surface area contributed by atoms with Crippen molar-refractivity contribution in [3.63, 3.8) is 0 Å². The molecule has 128 valence electrons. The maximum atomic E-state index is 12.1. The number of amides is 1. The van der Waals surface area contributed by atoms with Crippen LogP contribution in [0.3, 0.4) is 0 Å². The standard InChI is InChI=1S/C18H24N4O2/c1-15-11-17(24-20-15)13-21-7-9-22(10-8-21)14-18(23)19-12-16-5-3-2-4-6-16/h2-6,11H,7-10,12-14H2,1H3,(H,19,23). The van der Waals surface area contributed by atoms with Gasteiger partial charge in [0.15, 0.2) is 5.76 Å². The van der Waals surface area contributed by atoms with Gasteiger partial charge in [0, 0.05) is 38.8 Å². The van der Waals surface area contributed by atoms with Crippen molar-refractivity contribution in [3.05, 3.63) is 53.4 Å². The minimum absolute atomic E-state index is 0.0816. The minimum Gasteiger partial charge on any atom is -0.360 e. The lowest BCUT2D eigenvalue weighted by atomic mass is 10.2. The van der Waals surface area contributed by atoms with E-state index < -0.39 is 0 Å². The van der Waals surface area contributed by atoms with Gasteiger partial charge in [0.2, 0.25) is 5.91 Å². The van der Waals surface area contributed by atoms with Gasteiger partial charge >= 0.3 is 0 Å². The van der Waals surface area contributed by atoms with Crippen LogP contribution in [0.25, 0.3) is 0 Å². The molecule has 6 nitrogen and oxygen atoms in total. The number of hydrogen-bond donors (Lipinski definition) is 1. The van der Waals surface area contributed by atoms with Crippen molar-refractivity contribution < 1.29 is 9.32 Å². The molecule has 2 heterocycles. The summed E-state index contributed by atoms with van der Waals surface area (Å²) in [5.74, 6) is 0.986. The molecule has 24 heavy (non-hydrogen) atoms. The summed E-state index contributed by atoms with van der Waals surface area (Å²) < 4.78 is 5.26. The Kier molecular flexibility index (Phi) is 5.61. The first-order chi connectivity index (χ1) is 11.7. The van der Waals surface area contributed by atoms with Crippen LogP contribution in [0.4, 0.5) is 0 Å². The zero-order valence-electron chi connectivity index (χ0n) is 14.1. The van der Waals surface area contributed by atoms with E-state index in [4.69, 9.17) is 4.52 Å². The summed E-state index contributed by atoms with van der Waals surface area (Å²) in [5.41, 5.74) is 2.04. The molecule has 0 atom stereocenters. The molecule has 1 fully saturated rings. The fraction of sp³-hybridized carbons (Fsp3) is 0.444. The first kappa shape index (κ1) is 16.7. The molecular formula is C18H24N4O2. The molecule has 3 rings (SSSR count). The topological polar surface area (TPSA) is 61.6 Å². The van der Waals surface area contributed by atoms with E-state index in [0.29, 0.717) is 13.1 Å². The molecule has 0 radical (unpaired) electrons. The number of carbonyl (C=O) groups is 1. The summed E-state index contributed by atoms with van der Waals surface area (Å²) >= 11 is 0. The molecule has 1 N–H and O–H groups in total. The number of hydrogen-bond acceptors (Lipinski definition) is 5. The highest BCUT2D eigenvalue weighted by Gasteiger charge is 2.19. The summed E-state index contributed by atoms with van der Waals surface area (Å²) in [5, 5.41) is 6.90. The van der Waals surface area contributed by atoms with Gasteiger partial charge in [-0.15, -0.1) is 0 Å². The third-order valence-electron chi connectivity index (χ3n) is 4.22. The fourth-order valence-corrected chi connectivity index (χ4v) is 2.87. The van der Waals surface area contributed by atoms with Crippen molar-refractivity contribution in [2.24, 2.45) is 0 Å². The summed E-state index contributed by atoms with van der Waals surface area (Å²) in [6.45, 7) is 7.43. The highest BCUT2D eigenvalue weighted by Crippen LogP contribution is 2.09. The molecule has 1 saturated heterocycles. The van der Waals surface area contributed by atoms with Crippen LogP contribution in [0.2, 0.25) is 0 Å². The van der Waals surface area contributed by atoms with Gasteiger partial charge in [-0.1, -0.05) is 35.5 Å². The molecule has 1 amide bonds. The van der Waals surface area contributed by atoms with Gasteiger partial charge in [0.25, 0.3) is 0 Å². The van der Waals surface area contributed by atoms with Crippen LogP contribution >= 0.6 is 0 Å². The van der Waals surface area contributed by atoms with E-state index in [1.807, 2.05) is 43.3 Å². The molecule has 1 aromatic carbocycles. The minimum atomic E-state index is 0.0816. The zero-order valence-corrected chi connectivity index (χ0v) is 14.1. The molecule has 1 aromatic heterocycles. The Morgan fingerprint density at radius 3 is 2.54 bits per heavy atom. The quantitative estimate of drug-likeness (QED) is 0.869. The number of aryl methyl sites for hydroxylation is 1. The molecule has 1 aliphatic heterocycles. The number of aromatic nitrogens is 1. The smallest absolute Gasteiger partial charge is 0.234 e. The second-order valence-electron chi connectivity index (χ2n) is 6.25. The Hall–Kier alpha value is -2.18. The van der Waals surface area contributed by atoms with Crippen LogP contribution in [0.1, 0.15) is 17.0 Å². The van der Waals surface area contributed by atoms with Crippen LogP contribution in [0, 0.1) is 6.92 Å². The van der Waals surface area contributed by atoms with Crippen molar-refractivity contribution in [2.45, 2.75) is 20.0 Å². The van der Waals surface area contributed by atoms with Gasteiger partial charge in [-0.2, -0.15) is 0 Å². The van der Waals surface area contributed by atoms with Gasteiger partial charge in [-0.3, -0.25) is 14.6 Å². The molecule has 0 aliphatic carbocycles. The second kappa shape index (κ2) is 8.08. The lowest BCUT2D eigenvalue weighted by Gasteiger charge is -2.33. The number of rotatable bonds is 6. The SMILES string of the molecule is Cc1cc(CN2CCN(CC(=O)NCc3ccccc3)CC2)on1. The van der Waals surface area contributed by atoms with Crippen molar-refractivity contribution in [3.8, 4) is 0 Å². The molecule has 0 saturated carbocycles. The van der Waals surface area contributed by atoms with Crippen LogP contribution < -0.4 is 5.32 Å². The van der Waals surface area contributed by atoms with E-state index in [-0.39, 0.29) is 5.91 Å². The molecule has 0 spiro atoms. The Labute approximate surface area is 142 Å².